The Morgan fingerprint density at radius 1 is 1.00 bits per heavy atom. The van der Waals surface area contributed by atoms with Crippen LogP contribution in [0.25, 0.3) is 12.2 Å². The lowest BCUT2D eigenvalue weighted by atomic mass is 9.78. The molecule has 0 aliphatic carbocycles. The Morgan fingerprint density at radius 2 is 1.59 bits per heavy atom. The lowest BCUT2D eigenvalue weighted by molar-refractivity contribution is 0.300. The standard InChI is InChI=1S/C27H38/c1-18(2)25(26-16-19(3)12-13-22(26)6)17-23(7)20(4)14-15-21(5)24(8)27(9,10)11/h12-17,24H,1,6H2,2-5,7-11H3/b20-14+,21-15-,23-17+,26-25+. The SMILES string of the molecule is C=C(C)C(/C=C(C)/C(C)=C/C=C(/C)C(C)C(C)(C)C)=c1\cc(C)ccc1=C. The molecule has 1 unspecified atom stereocenters. The maximum atomic E-state index is 4.20. The zero-order valence-corrected chi connectivity index (χ0v) is 19.0. The topological polar surface area (TPSA) is 0 Å². The highest BCUT2D eigenvalue weighted by Crippen LogP contribution is 2.31. The van der Waals surface area contributed by atoms with Crippen molar-refractivity contribution < 1.29 is 0 Å². The normalized spacial score (nSPS) is 16.3. The van der Waals surface area contributed by atoms with Crippen LogP contribution in [0, 0.1) is 18.3 Å². The first-order chi connectivity index (χ1) is 12.3. The molecule has 0 heterocycles. The van der Waals surface area contributed by atoms with Gasteiger partial charge in [-0.15, -0.1) is 0 Å². The number of benzene rings is 1. The van der Waals surface area contributed by atoms with Crippen molar-refractivity contribution in [2.45, 2.75) is 62.3 Å². The molecular formula is C27H38. The van der Waals surface area contributed by atoms with Gasteiger partial charge in [0.1, 0.15) is 0 Å². The molecule has 27 heavy (non-hydrogen) atoms. The predicted molar refractivity (Wildman–Crippen MR) is 124 cm³/mol. The fourth-order valence-corrected chi connectivity index (χ4v) is 2.92. The van der Waals surface area contributed by atoms with Crippen LogP contribution >= 0.6 is 0 Å². The fraction of sp³-hybridized carbons (Fsp3) is 0.407. The van der Waals surface area contributed by atoms with Crippen LogP contribution in [0.1, 0.15) is 61.0 Å². The monoisotopic (exact) mass is 362 g/mol. The van der Waals surface area contributed by atoms with Crippen molar-refractivity contribution in [2.24, 2.45) is 11.3 Å². The molecule has 0 bridgehead atoms. The molecule has 146 valence electrons. The van der Waals surface area contributed by atoms with E-state index >= 15 is 0 Å². The van der Waals surface area contributed by atoms with E-state index in [2.05, 4.69) is 112 Å². The largest absolute Gasteiger partial charge is 0.0955 e. The molecule has 0 heteroatoms. The number of allylic oxidation sites excluding steroid dienone is 7. The van der Waals surface area contributed by atoms with E-state index < -0.39 is 0 Å². The van der Waals surface area contributed by atoms with Crippen LogP contribution in [0.5, 0.6) is 0 Å². The minimum absolute atomic E-state index is 0.282. The first-order valence-electron chi connectivity index (χ1n) is 9.84. The second-order valence-electron chi connectivity index (χ2n) is 9.03. The summed E-state index contributed by atoms with van der Waals surface area (Å²) in [7, 11) is 0. The molecule has 1 aromatic rings. The van der Waals surface area contributed by atoms with Crippen molar-refractivity contribution in [3.05, 3.63) is 81.3 Å². The molecule has 0 aliphatic rings. The van der Waals surface area contributed by atoms with Crippen molar-refractivity contribution in [1.82, 2.24) is 0 Å². The summed E-state index contributed by atoms with van der Waals surface area (Å²) >= 11 is 0. The van der Waals surface area contributed by atoms with Crippen LogP contribution in [0.15, 0.2) is 65.3 Å². The van der Waals surface area contributed by atoms with Crippen LogP contribution < -0.4 is 10.4 Å². The molecule has 1 atom stereocenters. The van der Waals surface area contributed by atoms with Gasteiger partial charge in [0.05, 0.1) is 0 Å². The third-order valence-corrected chi connectivity index (χ3v) is 5.58. The molecular weight excluding hydrogens is 324 g/mol. The summed E-state index contributed by atoms with van der Waals surface area (Å²) in [4.78, 5) is 0. The van der Waals surface area contributed by atoms with Crippen molar-refractivity contribution in [1.29, 1.82) is 0 Å². The van der Waals surface area contributed by atoms with Crippen LogP contribution in [0.3, 0.4) is 0 Å². The summed E-state index contributed by atoms with van der Waals surface area (Å²) in [5, 5.41) is 2.21. The smallest absolute Gasteiger partial charge is 0.0112 e. The zero-order chi connectivity index (χ0) is 20.9. The Labute approximate surface area is 167 Å². The summed E-state index contributed by atoms with van der Waals surface area (Å²) < 4.78 is 0. The summed E-state index contributed by atoms with van der Waals surface area (Å²) in [5.41, 5.74) is 7.68. The minimum Gasteiger partial charge on any atom is -0.0955 e. The molecule has 0 nitrogen and oxygen atoms in total. The third kappa shape index (κ3) is 6.54. The van der Waals surface area contributed by atoms with Gasteiger partial charge >= 0.3 is 0 Å². The van der Waals surface area contributed by atoms with Crippen molar-refractivity contribution in [2.75, 3.05) is 0 Å². The van der Waals surface area contributed by atoms with Gasteiger partial charge in [0.2, 0.25) is 0 Å². The van der Waals surface area contributed by atoms with Gasteiger partial charge in [-0.25, -0.2) is 0 Å². The summed E-state index contributed by atoms with van der Waals surface area (Å²) in [6.45, 7) is 28.3. The molecule has 0 N–H and O–H groups in total. The zero-order valence-electron chi connectivity index (χ0n) is 19.0. The van der Waals surface area contributed by atoms with Gasteiger partial charge in [0, 0.05) is 0 Å². The maximum Gasteiger partial charge on any atom is -0.0112 e. The molecule has 1 aromatic carbocycles. The first-order valence-corrected chi connectivity index (χ1v) is 9.84. The number of hydrogen-bond donors (Lipinski definition) is 0. The third-order valence-electron chi connectivity index (χ3n) is 5.58. The van der Waals surface area contributed by atoms with Crippen molar-refractivity contribution in [3.63, 3.8) is 0 Å². The molecule has 0 saturated carbocycles. The molecule has 0 fully saturated rings. The average molecular weight is 363 g/mol. The van der Waals surface area contributed by atoms with E-state index in [0.29, 0.717) is 5.92 Å². The van der Waals surface area contributed by atoms with E-state index in [4.69, 9.17) is 0 Å². The molecule has 0 saturated heterocycles. The van der Waals surface area contributed by atoms with Crippen LogP contribution in [0.4, 0.5) is 0 Å². The first kappa shape index (κ1) is 23.0. The van der Waals surface area contributed by atoms with Gasteiger partial charge < -0.3 is 0 Å². The Morgan fingerprint density at radius 3 is 2.11 bits per heavy atom. The van der Waals surface area contributed by atoms with Crippen LogP contribution in [-0.4, -0.2) is 0 Å². The van der Waals surface area contributed by atoms with Gasteiger partial charge in [-0.3, -0.25) is 0 Å². The molecule has 0 aromatic heterocycles. The highest BCUT2D eigenvalue weighted by atomic mass is 14.3. The van der Waals surface area contributed by atoms with E-state index in [1.807, 2.05) is 0 Å². The minimum atomic E-state index is 0.282. The molecule has 0 radical (unpaired) electrons. The highest BCUT2D eigenvalue weighted by Gasteiger charge is 2.20. The Bertz CT molecular complexity index is 892. The van der Waals surface area contributed by atoms with Crippen molar-refractivity contribution in [3.8, 4) is 0 Å². The molecule has 0 amide bonds. The summed E-state index contributed by atoms with van der Waals surface area (Å²) in [6, 6.07) is 6.39. The quantitative estimate of drug-likeness (QED) is 0.514. The second-order valence-corrected chi connectivity index (χ2v) is 9.03. The predicted octanol–water partition coefficient (Wildman–Crippen LogP) is 6.65. The number of aryl methyl sites for hydroxylation is 1. The molecule has 1 rings (SSSR count). The fourth-order valence-electron chi connectivity index (χ4n) is 2.92. The van der Waals surface area contributed by atoms with E-state index in [9.17, 15) is 0 Å². The Kier molecular flexibility index (Phi) is 7.84. The van der Waals surface area contributed by atoms with Gasteiger partial charge in [-0.2, -0.15) is 0 Å². The molecule has 0 spiro atoms. The van der Waals surface area contributed by atoms with E-state index in [1.165, 1.54) is 27.5 Å². The summed E-state index contributed by atoms with van der Waals surface area (Å²) in [5.74, 6) is 0.546. The lowest BCUT2D eigenvalue weighted by Gasteiger charge is -2.28. The highest BCUT2D eigenvalue weighted by molar-refractivity contribution is 5.73. The van der Waals surface area contributed by atoms with Crippen molar-refractivity contribution >= 4 is 12.2 Å². The van der Waals surface area contributed by atoms with Gasteiger partial charge in [-0.1, -0.05) is 94.0 Å². The number of rotatable bonds is 5. The number of hydrogen-bond acceptors (Lipinski definition) is 0. The van der Waals surface area contributed by atoms with Gasteiger partial charge in [0.15, 0.2) is 0 Å². The lowest BCUT2D eigenvalue weighted by Crippen LogP contribution is -2.25. The summed E-state index contributed by atoms with van der Waals surface area (Å²) in [6.07, 6.45) is 6.75. The van der Waals surface area contributed by atoms with Gasteiger partial charge in [-0.05, 0) is 73.1 Å². The average Bonchev–Trinajstić information content (AvgIpc) is 2.57. The Balaban J connectivity index is 3.38. The van der Waals surface area contributed by atoms with E-state index in [0.717, 1.165) is 16.4 Å². The van der Waals surface area contributed by atoms with Crippen LogP contribution in [-0.2, 0) is 0 Å². The maximum absolute atomic E-state index is 4.20. The Hall–Kier alpha value is -2.08. The van der Waals surface area contributed by atoms with Gasteiger partial charge in [0.25, 0.3) is 0 Å². The van der Waals surface area contributed by atoms with Crippen LogP contribution in [0.2, 0.25) is 0 Å². The molecule has 0 aliphatic heterocycles. The van der Waals surface area contributed by atoms with E-state index in [1.54, 1.807) is 0 Å². The van der Waals surface area contributed by atoms with E-state index in [-0.39, 0.29) is 5.41 Å². The second kappa shape index (κ2) is 9.22.